The Hall–Kier alpha value is 0.394. The van der Waals surface area contributed by atoms with Crippen LogP contribution in [0.25, 0.3) is 0 Å². The van der Waals surface area contributed by atoms with Crippen LogP contribution in [-0.4, -0.2) is 19.5 Å². The van der Waals surface area contributed by atoms with Gasteiger partial charge in [-0.05, 0) is 11.1 Å². The molecule has 0 aromatic rings. The molecule has 1 fully saturated rings. The van der Waals surface area contributed by atoms with Crippen LogP contribution in [0.4, 0.5) is 0 Å². The highest BCUT2D eigenvalue weighted by Gasteiger charge is 2.22. The zero-order chi connectivity index (χ0) is 5.28. The van der Waals surface area contributed by atoms with Gasteiger partial charge in [-0.3, -0.25) is 0 Å². The predicted octanol–water partition coefficient (Wildman–Crippen LogP) is 0.872. The van der Waals surface area contributed by atoms with Gasteiger partial charge in [-0.25, -0.2) is 0 Å². The van der Waals surface area contributed by atoms with Gasteiger partial charge in [0.1, 0.15) is 0 Å². The molecule has 38 valence electrons. The topological polar surface area (TPSA) is 9.23 Å². The SMILES string of the molecule is CC1[Si]O[Si]C1C. The van der Waals surface area contributed by atoms with Crippen LogP contribution in [0.5, 0.6) is 0 Å². The maximum absolute atomic E-state index is 5.22. The Labute approximate surface area is 49.3 Å². The van der Waals surface area contributed by atoms with Gasteiger partial charge in [0, 0.05) is 0 Å². The molecule has 1 heterocycles. The second kappa shape index (κ2) is 2.11. The van der Waals surface area contributed by atoms with Gasteiger partial charge in [0.25, 0.3) is 0 Å². The first kappa shape index (κ1) is 5.53. The van der Waals surface area contributed by atoms with Crippen molar-refractivity contribution in [3.05, 3.63) is 0 Å². The van der Waals surface area contributed by atoms with E-state index in [4.69, 9.17) is 4.12 Å². The zero-order valence-electron chi connectivity index (χ0n) is 4.56. The van der Waals surface area contributed by atoms with Gasteiger partial charge < -0.3 is 4.12 Å². The van der Waals surface area contributed by atoms with E-state index in [1.165, 1.54) is 0 Å². The van der Waals surface area contributed by atoms with Crippen molar-refractivity contribution in [1.82, 2.24) is 0 Å². The fraction of sp³-hybridized carbons (Fsp3) is 1.00. The smallest absolute Gasteiger partial charge is 0.218 e. The number of rotatable bonds is 0. The number of hydrogen-bond acceptors (Lipinski definition) is 1. The van der Waals surface area contributed by atoms with Gasteiger partial charge in [-0.2, -0.15) is 0 Å². The molecule has 0 aliphatic carbocycles. The summed E-state index contributed by atoms with van der Waals surface area (Å²) in [6.07, 6.45) is 0. The van der Waals surface area contributed by atoms with Crippen LogP contribution >= 0.6 is 0 Å². The molecular weight excluding hydrogens is 120 g/mol. The largest absolute Gasteiger partial charge is 0.456 e. The fourth-order valence-electron chi connectivity index (χ4n) is 0.424. The third kappa shape index (κ3) is 1.14. The van der Waals surface area contributed by atoms with Gasteiger partial charge in [-0.1, -0.05) is 13.8 Å². The molecule has 0 aromatic heterocycles. The second-order valence-corrected chi connectivity index (χ2v) is 5.02. The third-order valence-electron chi connectivity index (χ3n) is 1.24. The molecule has 0 bridgehead atoms. The van der Waals surface area contributed by atoms with Crippen LogP contribution in [-0.2, 0) is 4.12 Å². The summed E-state index contributed by atoms with van der Waals surface area (Å²) in [7, 11) is 1.55. The highest BCUT2D eigenvalue weighted by atomic mass is 28.3. The molecule has 4 radical (unpaired) electrons. The van der Waals surface area contributed by atoms with Gasteiger partial charge >= 0.3 is 0 Å². The minimum atomic E-state index is 0.775. The molecule has 1 aliphatic rings. The van der Waals surface area contributed by atoms with Crippen molar-refractivity contribution >= 4 is 19.5 Å². The summed E-state index contributed by atoms with van der Waals surface area (Å²) in [5.41, 5.74) is 1.66. The van der Waals surface area contributed by atoms with Crippen molar-refractivity contribution in [2.45, 2.75) is 24.9 Å². The summed E-state index contributed by atoms with van der Waals surface area (Å²) >= 11 is 0. The summed E-state index contributed by atoms with van der Waals surface area (Å²) in [5.74, 6) is 0. The van der Waals surface area contributed by atoms with Crippen LogP contribution < -0.4 is 0 Å². The molecule has 0 N–H and O–H groups in total. The summed E-state index contributed by atoms with van der Waals surface area (Å²) in [4.78, 5) is 0. The quantitative estimate of drug-likeness (QED) is 0.440. The first-order valence-corrected chi connectivity index (χ1v) is 4.44. The lowest BCUT2D eigenvalue weighted by Gasteiger charge is -1.99. The molecule has 3 heteroatoms. The average Bonchev–Trinajstić information content (AvgIpc) is 1.91. The maximum atomic E-state index is 5.22. The Kier molecular flexibility index (Phi) is 1.66. The molecule has 0 amide bonds. The molecule has 1 saturated heterocycles. The van der Waals surface area contributed by atoms with E-state index < -0.39 is 0 Å². The fourth-order valence-corrected chi connectivity index (χ4v) is 3.00. The highest BCUT2D eigenvalue weighted by Crippen LogP contribution is 2.26. The van der Waals surface area contributed by atoms with E-state index in [9.17, 15) is 0 Å². The first-order chi connectivity index (χ1) is 3.30. The predicted molar refractivity (Wildman–Crippen MR) is 31.4 cm³/mol. The van der Waals surface area contributed by atoms with Crippen LogP contribution in [0.1, 0.15) is 13.8 Å². The summed E-state index contributed by atoms with van der Waals surface area (Å²) < 4.78 is 5.22. The number of hydrogen-bond donors (Lipinski definition) is 0. The highest BCUT2D eigenvalue weighted by molar-refractivity contribution is 6.51. The summed E-state index contributed by atoms with van der Waals surface area (Å²) in [5, 5.41) is 0. The van der Waals surface area contributed by atoms with Crippen molar-refractivity contribution in [3.8, 4) is 0 Å². The summed E-state index contributed by atoms with van der Waals surface area (Å²) in [6, 6.07) is 0. The van der Waals surface area contributed by atoms with E-state index >= 15 is 0 Å². The minimum absolute atomic E-state index is 0.775. The molecule has 1 rings (SSSR count). The lowest BCUT2D eigenvalue weighted by Crippen LogP contribution is -1.92. The van der Waals surface area contributed by atoms with E-state index in [-0.39, 0.29) is 0 Å². The Morgan fingerprint density at radius 1 is 1.14 bits per heavy atom. The Morgan fingerprint density at radius 3 is 1.71 bits per heavy atom. The van der Waals surface area contributed by atoms with Crippen molar-refractivity contribution in [1.29, 1.82) is 0 Å². The monoisotopic (exact) mass is 128 g/mol. The molecular formula is C4H8OSi2. The van der Waals surface area contributed by atoms with Crippen LogP contribution in [0, 0.1) is 0 Å². The standard InChI is InChI=1S/C4H8OSi2/c1-3-4(2)7-5-6-3/h3-4H,1-2H3. The normalized spacial score (nSPS) is 42.0. The van der Waals surface area contributed by atoms with Crippen molar-refractivity contribution in [3.63, 3.8) is 0 Å². The van der Waals surface area contributed by atoms with Crippen molar-refractivity contribution in [2.75, 3.05) is 0 Å². The molecule has 0 aromatic carbocycles. The van der Waals surface area contributed by atoms with Crippen LogP contribution in [0.2, 0.25) is 11.1 Å². The molecule has 2 atom stereocenters. The van der Waals surface area contributed by atoms with E-state index in [1.807, 2.05) is 0 Å². The van der Waals surface area contributed by atoms with Crippen molar-refractivity contribution in [2.24, 2.45) is 0 Å². The van der Waals surface area contributed by atoms with Gasteiger partial charge in [0.15, 0.2) is 0 Å². The summed E-state index contributed by atoms with van der Waals surface area (Å²) in [6.45, 7) is 4.51. The zero-order valence-corrected chi connectivity index (χ0v) is 6.56. The second-order valence-electron chi connectivity index (χ2n) is 1.92. The Bertz CT molecular complexity index is 58.7. The maximum Gasteiger partial charge on any atom is 0.218 e. The molecule has 1 nitrogen and oxygen atoms in total. The Balaban J connectivity index is 2.33. The molecule has 2 unspecified atom stereocenters. The molecule has 0 spiro atoms. The average molecular weight is 128 g/mol. The molecule has 0 saturated carbocycles. The van der Waals surface area contributed by atoms with Crippen LogP contribution in [0.15, 0.2) is 0 Å². The van der Waals surface area contributed by atoms with Gasteiger partial charge in [0.05, 0.1) is 0 Å². The van der Waals surface area contributed by atoms with E-state index in [1.54, 1.807) is 0 Å². The van der Waals surface area contributed by atoms with E-state index in [2.05, 4.69) is 13.8 Å². The van der Waals surface area contributed by atoms with E-state index in [0.717, 1.165) is 30.6 Å². The van der Waals surface area contributed by atoms with Gasteiger partial charge in [0.2, 0.25) is 19.5 Å². The molecule has 7 heavy (non-hydrogen) atoms. The first-order valence-electron chi connectivity index (χ1n) is 2.47. The minimum Gasteiger partial charge on any atom is -0.456 e. The lowest BCUT2D eigenvalue weighted by atomic mass is 10.4. The van der Waals surface area contributed by atoms with Gasteiger partial charge in [-0.15, -0.1) is 0 Å². The third-order valence-corrected chi connectivity index (χ3v) is 4.26. The Morgan fingerprint density at radius 2 is 1.57 bits per heavy atom. The van der Waals surface area contributed by atoms with E-state index in [0.29, 0.717) is 0 Å². The molecule has 1 aliphatic heterocycles. The lowest BCUT2D eigenvalue weighted by molar-refractivity contribution is 0.659. The van der Waals surface area contributed by atoms with Crippen molar-refractivity contribution < 1.29 is 4.12 Å². The van der Waals surface area contributed by atoms with Crippen LogP contribution in [0.3, 0.4) is 0 Å².